The van der Waals surface area contributed by atoms with Crippen molar-refractivity contribution in [2.75, 3.05) is 6.54 Å². The van der Waals surface area contributed by atoms with Crippen LogP contribution in [-0.2, 0) is 6.42 Å². The lowest BCUT2D eigenvalue weighted by molar-refractivity contribution is 0.510. The standard InChI is InChI=1S/C11H18N2/c1-3-11(13-4-2)8-10-6-5-7-12-9-10/h5-7,9,11,13H,3-4,8H2,1-2H3. The number of hydrogen-bond acceptors (Lipinski definition) is 2. The molecule has 1 atom stereocenters. The van der Waals surface area contributed by atoms with E-state index in [2.05, 4.69) is 30.2 Å². The maximum Gasteiger partial charge on any atom is 0.0300 e. The molecule has 1 unspecified atom stereocenters. The maximum atomic E-state index is 4.10. The first kappa shape index (κ1) is 10.2. The molecule has 2 nitrogen and oxygen atoms in total. The van der Waals surface area contributed by atoms with Crippen LogP contribution in [0, 0.1) is 0 Å². The summed E-state index contributed by atoms with van der Waals surface area (Å²) in [6.45, 7) is 5.40. The van der Waals surface area contributed by atoms with Crippen molar-refractivity contribution < 1.29 is 0 Å². The summed E-state index contributed by atoms with van der Waals surface area (Å²) in [4.78, 5) is 4.10. The van der Waals surface area contributed by atoms with Crippen molar-refractivity contribution in [2.24, 2.45) is 0 Å². The molecule has 0 aliphatic heterocycles. The molecule has 0 saturated heterocycles. The van der Waals surface area contributed by atoms with E-state index in [1.807, 2.05) is 18.5 Å². The van der Waals surface area contributed by atoms with Crippen LogP contribution < -0.4 is 5.32 Å². The number of nitrogens with one attached hydrogen (secondary N) is 1. The van der Waals surface area contributed by atoms with Crippen molar-refractivity contribution in [3.05, 3.63) is 30.1 Å². The Labute approximate surface area is 80.4 Å². The van der Waals surface area contributed by atoms with Crippen molar-refractivity contribution in [3.63, 3.8) is 0 Å². The largest absolute Gasteiger partial charge is 0.314 e. The summed E-state index contributed by atoms with van der Waals surface area (Å²) in [5, 5.41) is 3.45. The van der Waals surface area contributed by atoms with Crippen LogP contribution >= 0.6 is 0 Å². The summed E-state index contributed by atoms with van der Waals surface area (Å²) in [6.07, 6.45) is 6.01. The molecule has 0 aliphatic carbocycles. The van der Waals surface area contributed by atoms with Crippen molar-refractivity contribution >= 4 is 0 Å². The Morgan fingerprint density at radius 3 is 2.85 bits per heavy atom. The molecule has 1 heterocycles. The predicted molar refractivity (Wildman–Crippen MR) is 55.7 cm³/mol. The third-order valence-corrected chi connectivity index (χ3v) is 2.19. The van der Waals surface area contributed by atoms with Crippen LogP contribution in [0.2, 0.25) is 0 Å². The summed E-state index contributed by atoms with van der Waals surface area (Å²) >= 11 is 0. The Hall–Kier alpha value is -0.890. The molecule has 0 aliphatic rings. The smallest absolute Gasteiger partial charge is 0.0300 e. The Morgan fingerprint density at radius 1 is 1.46 bits per heavy atom. The highest BCUT2D eigenvalue weighted by Gasteiger charge is 2.04. The summed E-state index contributed by atoms with van der Waals surface area (Å²) < 4.78 is 0. The van der Waals surface area contributed by atoms with Crippen molar-refractivity contribution in [1.82, 2.24) is 10.3 Å². The van der Waals surface area contributed by atoms with Gasteiger partial charge in [-0.25, -0.2) is 0 Å². The number of likely N-dealkylation sites (N-methyl/N-ethyl adjacent to an activating group) is 1. The van der Waals surface area contributed by atoms with Crippen LogP contribution in [0.15, 0.2) is 24.5 Å². The molecule has 0 radical (unpaired) electrons. The highest BCUT2D eigenvalue weighted by molar-refractivity contribution is 5.09. The number of nitrogens with zero attached hydrogens (tertiary/aromatic N) is 1. The van der Waals surface area contributed by atoms with Gasteiger partial charge < -0.3 is 5.32 Å². The zero-order valence-corrected chi connectivity index (χ0v) is 8.46. The highest BCUT2D eigenvalue weighted by atomic mass is 14.9. The average molecular weight is 178 g/mol. The maximum absolute atomic E-state index is 4.10. The van der Waals surface area contributed by atoms with E-state index in [0.717, 1.165) is 13.0 Å². The highest BCUT2D eigenvalue weighted by Crippen LogP contribution is 2.03. The van der Waals surface area contributed by atoms with Crippen LogP contribution in [-0.4, -0.2) is 17.6 Å². The second kappa shape index (κ2) is 5.70. The van der Waals surface area contributed by atoms with Gasteiger partial charge in [0.25, 0.3) is 0 Å². The number of rotatable bonds is 5. The summed E-state index contributed by atoms with van der Waals surface area (Å²) in [5.74, 6) is 0. The van der Waals surface area contributed by atoms with Crippen LogP contribution in [0.5, 0.6) is 0 Å². The number of aromatic nitrogens is 1. The minimum Gasteiger partial charge on any atom is -0.314 e. The predicted octanol–water partition coefficient (Wildman–Crippen LogP) is 2.01. The van der Waals surface area contributed by atoms with Gasteiger partial charge in [0.2, 0.25) is 0 Å². The lowest BCUT2D eigenvalue weighted by Gasteiger charge is -2.15. The molecule has 1 aromatic heterocycles. The molecule has 0 fully saturated rings. The number of hydrogen-bond donors (Lipinski definition) is 1. The monoisotopic (exact) mass is 178 g/mol. The van der Waals surface area contributed by atoms with Gasteiger partial charge in [0, 0.05) is 18.4 Å². The molecule has 2 heteroatoms. The van der Waals surface area contributed by atoms with E-state index in [4.69, 9.17) is 0 Å². The van der Waals surface area contributed by atoms with Crippen LogP contribution in [0.3, 0.4) is 0 Å². The fraction of sp³-hybridized carbons (Fsp3) is 0.545. The minimum atomic E-state index is 0.592. The van der Waals surface area contributed by atoms with Gasteiger partial charge in [0.1, 0.15) is 0 Å². The molecule has 0 spiro atoms. The first-order valence-corrected chi connectivity index (χ1v) is 4.99. The zero-order valence-electron chi connectivity index (χ0n) is 8.46. The summed E-state index contributed by atoms with van der Waals surface area (Å²) in [6, 6.07) is 4.72. The second-order valence-corrected chi connectivity index (χ2v) is 3.23. The minimum absolute atomic E-state index is 0.592. The number of pyridine rings is 1. The van der Waals surface area contributed by atoms with E-state index >= 15 is 0 Å². The van der Waals surface area contributed by atoms with Gasteiger partial charge in [-0.3, -0.25) is 4.98 Å². The van der Waals surface area contributed by atoms with Gasteiger partial charge >= 0.3 is 0 Å². The molecule has 1 rings (SSSR count). The fourth-order valence-corrected chi connectivity index (χ4v) is 1.45. The van der Waals surface area contributed by atoms with Crippen molar-refractivity contribution in [1.29, 1.82) is 0 Å². The van der Waals surface area contributed by atoms with Crippen molar-refractivity contribution in [2.45, 2.75) is 32.7 Å². The van der Waals surface area contributed by atoms with Gasteiger partial charge in [-0.1, -0.05) is 19.9 Å². The van der Waals surface area contributed by atoms with E-state index in [0.29, 0.717) is 6.04 Å². The molecule has 0 saturated carbocycles. The first-order valence-electron chi connectivity index (χ1n) is 4.99. The quantitative estimate of drug-likeness (QED) is 0.746. The van der Waals surface area contributed by atoms with Crippen LogP contribution in [0.4, 0.5) is 0 Å². The zero-order chi connectivity index (χ0) is 9.52. The Morgan fingerprint density at radius 2 is 2.31 bits per heavy atom. The summed E-state index contributed by atoms with van der Waals surface area (Å²) in [5.41, 5.74) is 1.32. The molecule has 1 N–H and O–H groups in total. The topological polar surface area (TPSA) is 24.9 Å². The van der Waals surface area contributed by atoms with Gasteiger partial charge in [-0.2, -0.15) is 0 Å². The third kappa shape index (κ3) is 3.55. The van der Waals surface area contributed by atoms with Gasteiger partial charge in [0.05, 0.1) is 0 Å². The molecule has 13 heavy (non-hydrogen) atoms. The molecular formula is C11H18N2. The first-order chi connectivity index (χ1) is 6.36. The lowest BCUT2D eigenvalue weighted by Crippen LogP contribution is -2.30. The van der Waals surface area contributed by atoms with E-state index < -0.39 is 0 Å². The normalized spacial score (nSPS) is 12.8. The third-order valence-electron chi connectivity index (χ3n) is 2.19. The van der Waals surface area contributed by atoms with E-state index in [1.54, 1.807) is 0 Å². The second-order valence-electron chi connectivity index (χ2n) is 3.23. The van der Waals surface area contributed by atoms with Crippen LogP contribution in [0.1, 0.15) is 25.8 Å². The Kier molecular flexibility index (Phi) is 4.47. The molecule has 1 aromatic rings. The van der Waals surface area contributed by atoms with Crippen LogP contribution in [0.25, 0.3) is 0 Å². The van der Waals surface area contributed by atoms with Gasteiger partial charge in [0.15, 0.2) is 0 Å². The molecule has 0 aromatic carbocycles. The van der Waals surface area contributed by atoms with E-state index in [1.165, 1.54) is 12.0 Å². The van der Waals surface area contributed by atoms with Gasteiger partial charge in [-0.05, 0) is 31.0 Å². The van der Waals surface area contributed by atoms with Crippen molar-refractivity contribution in [3.8, 4) is 0 Å². The average Bonchev–Trinajstić information content (AvgIpc) is 2.19. The van der Waals surface area contributed by atoms with E-state index in [9.17, 15) is 0 Å². The molecule has 0 amide bonds. The van der Waals surface area contributed by atoms with Gasteiger partial charge in [-0.15, -0.1) is 0 Å². The summed E-state index contributed by atoms with van der Waals surface area (Å²) in [7, 11) is 0. The Balaban J connectivity index is 2.46. The van der Waals surface area contributed by atoms with E-state index in [-0.39, 0.29) is 0 Å². The lowest BCUT2D eigenvalue weighted by atomic mass is 10.1. The molecule has 72 valence electrons. The SMILES string of the molecule is CCNC(CC)Cc1cccnc1. The molecular weight excluding hydrogens is 160 g/mol. The molecule has 0 bridgehead atoms. The Bertz CT molecular complexity index is 221. The fourth-order valence-electron chi connectivity index (χ4n) is 1.45.